The van der Waals surface area contributed by atoms with Gasteiger partial charge in [-0.25, -0.2) is 0 Å². The summed E-state index contributed by atoms with van der Waals surface area (Å²) in [4.78, 5) is 14.3. The van der Waals surface area contributed by atoms with Crippen molar-refractivity contribution in [2.24, 2.45) is 5.92 Å². The molecule has 3 unspecified atom stereocenters. The van der Waals surface area contributed by atoms with Gasteiger partial charge in [-0.05, 0) is 38.1 Å². The first-order valence-corrected chi connectivity index (χ1v) is 7.83. The molecule has 0 bridgehead atoms. The number of nitrogens with zero attached hydrogens (tertiary/aromatic N) is 1. The topological polar surface area (TPSA) is 41.6 Å². The van der Waals surface area contributed by atoms with Crippen LogP contribution in [-0.4, -0.2) is 49.2 Å². The number of rotatable bonds is 5. The molecule has 110 valence electrons. The lowest BCUT2D eigenvalue weighted by molar-refractivity contribution is -0.133. The zero-order valence-electron chi connectivity index (χ0n) is 12.4. The highest BCUT2D eigenvalue weighted by Crippen LogP contribution is 2.20. The average Bonchev–Trinajstić information content (AvgIpc) is 2.91. The zero-order valence-corrected chi connectivity index (χ0v) is 12.4. The molecule has 0 aromatic rings. The minimum atomic E-state index is 0.317. The van der Waals surface area contributed by atoms with Crippen molar-refractivity contribution in [2.75, 3.05) is 26.2 Å². The van der Waals surface area contributed by atoms with Crippen molar-refractivity contribution in [3.8, 4) is 0 Å². The normalized spacial score (nSPS) is 31.7. The molecule has 2 rings (SSSR count). The number of carbonyl (C=O) groups excluding carboxylic acids is 1. The molecule has 2 aliphatic rings. The summed E-state index contributed by atoms with van der Waals surface area (Å²) in [6, 6.07) is 0.576. The van der Waals surface area contributed by atoms with Crippen LogP contribution in [0.2, 0.25) is 0 Å². The SMILES string of the molecule is CCNC1CCN(C(=O)CCC2CCCO2)CC1C. The van der Waals surface area contributed by atoms with Gasteiger partial charge in [-0.2, -0.15) is 0 Å². The average molecular weight is 268 g/mol. The van der Waals surface area contributed by atoms with Crippen LogP contribution < -0.4 is 5.32 Å². The van der Waals surface area contributed by atoms with Crippen molar-refractivity contribution < 1.29 is 9.53 Å². The summed E-state index contributed by atoms with van der Waals surface area (Å²) in [6.07, 6.45) is 5.26. The van der Waals surface area contributed by atoms with Crippen molar-refractivity contribution in [1.82, 2.24) is 10.2 Å². The van der Waals surface area contributed by atoms with Gasteiger partial charge in [0, 0.05) is 32.2 Å². The van der Waals surface area contributed by atoms with Crippen molar-refractivity contribution in [3.63, 3.8) is 0 Å². The highest BCUT2D eigenvalue weighted by atomic mass is 16.5. The van der Waals surface area contributed by atoms with E-state index in [0.29, 0.717) is 30.4 Å². The number of carbonyl (C=O) groups is 1. The maximum atomic E-state index is 12.2. The molecule has 1 N–H and O–H groups in total. The van der Waals surface area contributed by atoms with Gasteiger partial charge in [0.05, 0.1) is 6.10 Å². The Morgan fingerprint density at radius 2 is 2.26 bits per heavy atom. The molecular weight excluding hydrogens is 240 g/mol. The first kappa shape index (κ1) is 14.8. The lowest BCUT2D eigenvalue weighted by Crippen LogP contribution is -2.50. The van der Waals surface area contributed by atoms with Gasteiger partial charge in [0.25, 0.3) is 0 Å². The van der Waals surface area contributed by atoms with Crippen LogP contribution in [0.5, 0.6) is 0 Å². The monoisotopic (exact) mass is 268 g/mol. The predicted octanol–water partition coefficient (Wildman–Crippen LogP) is 1.79. The lowest BCUT2D eigenvalue weighted by Gasteiger charge is -2.37. The largest absolute Gasteiger partial charge is 0.378 e. The molecule has 2 heterocycles. The minimum Gasteiger partial charge on any atom is -0.378 e. The molecule has 4 heteroatoms. The third-order valence-corrected chi connectivity index (χ3v) is 4.43. The van der Waals surface area contributed by atoms with Gasteiger partial charge in [-0.15, -0.1) is 0 Å². The third-order valence-electron chi connectivity index (χ3n) is 4.43. The summed E-state index contributed by atoms with van der Waals surface area (Å²) in [5, 5.41) is 3.51. The van der Waals surface area contributed by atoms with E-state index in [1.54, 1.807) is 0 Å². The van der Waals surface area contributed by atoms with E-state index in [2.05, 4.69) is 19.2 Å². The van der Waals surface area contributed by atoms with Gasteiger partial charge < -0.3 is 15.0 Å². The Morgan fingerprint density at radius 3 is 2.89 bits per heavy atom. The zero-order chi connectivity index (χ0) is 13.7. The predicted molar refractivity (Wildman–Crippen MR) is 76.0 cm³/mol. The highest BCUT2D eigenvalue weighted by molar-refractivity contribution is 5.76. The fraction of sp³-hybridized carbons (Fsp3) is 0.933. The van der Waals surface area contributed by atoms with Crippen LogP contribution >= 0.6 is 0 Å². The van der Waals surface area contributed by atoms with Crippen molar-refractivity contribution in [1.29, 1.82) is 0 Å². The second-order valence-corrected chi connectivity index (χ2v) is 5.94. The Bertz CT molecular complexity index is 290. The van der Waals surface area contributed by atoms with Crippen LogP contribution in [0.15, 0.2) is 0 Å². The van der Waals surface area contributed by atoms with E-state index in [9.17, 15) is 4.79 Å². The third kappa shape index (κ3) is 4.18. The molecular formula is C15H28N2O2. The summed E-state index contributed by atoms with van der Waals surface area (Å²) < 4.78 is 5.58. The molecule has 0 aliphatic carbocycles. The Labute approximate surface area is 116 Å². The number of piperidine rings is 1. The van der Waals surface area contributed by atoms with Crippen LogP contribution in [0.25, 0.3) is 0 Å². The Balaban J connectivity index is 1.71. The van der Waals surface area contributed by atoms with E-state index in [1.807, 2.05) is 4.90 Å². The van der Waals surface area contributed by atoms with E-state index in [1.165, 1.54) is 0 Å². The van der Waals surface area contributed by atoms with E-state index in [0.717, 1.165) is 51.9 Å². The standard InChI is InChI=1S/C15H28N2O2/c1-3-16-14-8-9-17(11-12(14)2)15(18)7-6-13-5-4-10-19-13/h12-14,16H,3-11H2,1-2H3. The molecule has 0 aromatic heterocycles. The van der Waals surface area contributed by atoms with E-state index in [4.69, 9.17) is 4.74 Å². The van der Waals surface area contributed by atoms with Gasteiger partial charge in [0.15, 0.2) is 0 Å². The second-order valence-electron chi connectivity index (χ2n) is 5.94. The highest BCUT2D eigenvalue weighted by Gasteiger charge is 2.28. The molecule has 19 heavy (non-hydrogen) atoms. The smallest absolute Gasteiger partial charge is 0.222 e. The van der Waals surface area contributed by atoms with Gasteiger partial charge in [0.1, 0.15) is 0 Å². The summed E-state index contributed by atoms with van der Waals surface area (Å²) in [7, 11) is 0. The molecule has 0 radical (unpaired) electrons. The van der Waals surface area contributed by atoms with E-state index >= 15 is 0 Å². The summed E-state index contributed by atoms with van der Waals surface area (Å²) >= 11 is 0. The fourth-order valence-electron chi connectivity index (χ4n) is 3.25. The Kier molecular flexibility index (Phi) is 5.64. The van der Waals surface area contributed by atoms with Crippen LogP contribution in [-0.2, 0) is 9.53 Å². The van der Waals surface area contributed by atoms with Crippen molar-refractivity contribution >= 4 is 5.91 Å². The Morgan fingerprint density at radius 1 is 1.42 bits per heavy atom. The maximum absolute atomic E-state index is 12.2. The van der Waals surface area contributed by atoms with Gasteiger partial charge >= 0.3 is 0 Å². The lowest BCUT2D eigenvalue weighted by atomic mass is 9.93. The number of hydrogen-bond donors (Lipinski definition) is 1. The van der Waals surface area contributed by atoms with Crippen molar-refractivity contribution in [3.05, 3.63) is 0 Å². The van der Waals surface area contributed by atoms with Gasteiger partial charge in [-0.3, -0.25) is 4.79 Å². The minimum absolute atomic E-state index is 0.317. The fourth-order valence-corrected chi connectivity index (χ4v) is 3.25. The van der Waals surface area contributed by atoms with E-state index in [-0.39, 0.29) is 0 Å². The molecule has 2 aliphatic heterocycles. The molecule has 4 nitrogen and oxygen atoms in total. The molecule has 2 saturated heterocycles. The number of amides is 1. The number of hydrogen-bond acceptors (Lipinski definition) is 3. The van der Waals surface area contributed by atoms with Crippen LogP contribution in [0.4, 0.5) is 0 Å². The second kappa shape index (κ2) is 7.25. The number of likely N-dealkylation sites (tertiary alicyclic amines) is 1. The van der Waals surface area contributed by atoms with Crippen LogP contribution in [0.1, 0.15) is 46.0 Å². The van der Waals surface area contributed by atoms with Gasteiger partial charge in [0.2, 0.25) is 5.91 Å². The van der Waals surface area contributed by atoms with Crippen LogP contribution in [0.3, 0.4) is 0 Å². The van der Waals surface area contributed by atoms with E-state index < -0.39 is 0 Å². The quantitative estimate of drug-likeness (QED) is 0.826. The molecule has 0 saturated carbocycles. The Hall–Kier alpha value is -0.610. The van der Waals surface area contributed by atoms with Gasteiger partial charge in [-0.1, -0.05) is 13.8 Å². The summed E-state index contributed by atoms with van der Waals surface area (Å²) in [5.74, 6) is 0.873. The molecule has 3 atom stereocenters. The maximum Gasteiger partial charge on any atom is 0.222 e. The van der Waals surface area contributed by atoms with Crippen molar-refractivity contribution in [2.45, 2.75) is 58.1 Å². The first-order valence-electron chi connectivity index (χ1n) is 7.83. The first-order chi connectivity index (χ1) is 9.20. The molecule has 0 aromatic carbocycles. The molecule has 1 amide bonds. The van der Waals surface area contributed by atoms with Crippen LogP contribution in [0, 0.1) is 5.92 Å². The summed E-state index contributed by atoms with van der Waals surface area (Å²) in [5.41, 5.74) is 0. The summed E-state index contributed by atoms with van der Waals surface area (Å²) in [6.45, 7) is 8.10. The molecule has 2 fully saturated rings. The number of nitrogens with one attached hydrogen (secondary N) is 1. The number of ether oxygens (including phenoxy) is 1. The molecule has 0 spiro atoms.